The first-order valence-corrected chi connectivity index (χ1v) is 11.9. The van der Waals surface area contributed by atoms with Gasteiger partial charge in [-0.25, -0.2) is 8.42 Å². The van der Waals surface area contributed by atoms with E-state index in [1.165, 1.54) is 17.5 Å². The number of hydrogen-bond acceptors (Lipinski definition) is 4. The second-order valence-corrected chi connectivity index (χ2v) is 10.2. The molecule has 0 saturated carbocycles. The lowest BCUT2D eigenvalue weighted by Crippen LogP contribution is -2.51. The standard InChI is InChI=1S/C23H29NO3S/c1-3-28(25,26)23-10-7-18(8-11-23)19-4-5-21-15-22(9-6-20(21)14-19)24-12-13-27-16-17(24)2/h4-5,7-8,10-11,14,17,22H,3,6,9,12-13,15-16H2,1-2H3. The van der Waals surface area contributed by atoms with Gasteiger partial charge in [-0.05, 0) is 60.6 Å². The number of benzene rings is 2. The zero-order valence-electron chi connectivity index (χ0n) is 16.7. The van der Waals surface area contributed by atoms with Gasteiger partial charge in [0.2, 0.25) is 0 Å². The van der Waals surface area contributed by atoms with Crippen LogP contribution in [0.3, 0.4) is 0 Å². The molecule has 0 radical (unpaired) electrons. The fourth-order valence-corrected chi connectivity index (χ4v) is 5.39. The molecule has 1 aliphatic carbocycles. The predicted molar refractivity (Wildman–Crippen MR) is 112 cm³/mol. The highest BCUT2D eigenvalue weighted by Gasteiger charge is 2.29. The van der Waals surface area contributed by atoms with E-state index < -0.39 is 9.84 Å². The first kappa shape index (κ1) is 19.6. The van der Waals surface area contributed by atoms with Crippen molar-refractivity contribution in [1.29, 1.82) is 0 Å². The number of rotatable bonds is 4. The van der Waals surface area contributed by atoms with Crippen LogP contribution in [0.5, 0.6) is 0 Å². The second-order valence-electron chi connectivity index (χ2n) is 7.97. The summed E-state index contributed by atoms with van der Waals surface area (Å²) < 4.78 is 29.6. The minimum absolute atomic E-state index is 0.133. The zero-order valence-corrected chi connectivity index (χ0v) is 17.5. The molecule has 2 aromatic carbocycles. The third-order valence-corrected chi connectivity index (χ3v) is 7.97. The lowest BCUT2D eigenvalue weighted by Gasteiger charge is -2.41. The Morgan fingerprint density at radius 3 is 2.54 bits per heavy atom. The maximum absolute atomic E-state index is 12.0. The van der Waals surface area contributed by atoms with E-state index in [2.05, 4.69) is 30.0 Å². The summed E-state index contributed by atoms with van der Waals surface area (Å²) in [6.45, 7) is 6.66. The minimum atomic E-state index is -3.15. The average Bonchev–Trinajstić information content (AvgIpc) is 2.73. The maximum Gasteiger partial charge on any atom is 0.178 e. The lowest BCUT2D eigenvalue weighted by atomic mass is 9.85. The van der Waals surface area contributed by atoms with Crippen LogP contribution in [-0.4, -0.2) is 50.9 Å². The Bertz CT molecular complexity index is 937. The molecule has 1 aliphatic heterocycles. The average molecular weight is 400 g/mol. The Labute approximate surface area is 168 Å². The number of fused-ring (bicyclic) bond motifs is 1. The van der Waals surface area contributed by atoms with Crippen LogP contribution in [0.25, 0.3) is 11.1 Å². The maximum atomic E-state index is 12.0. The number of morpholine rings is 1. The van der Waals surface area contributed by atoms with Crippen molar-refractivity contribution in [2.45, 2.75) is 50.1 Å². The Balaban J connectivity index is 1.52. The lowest BCUT2D eigenvalue weighted by molar-refractivity contribution is -0.0245. The van der Waals surface area contributed by atoms with Gasteiger partial charge in [-0.3, -0.25) is 4.90 Å². The van der Waals surface area contributed by atoms with Crippen molar-refractivity contribution in [2.24, 2.45) is 0 Å². The Morgan fingerprint density at radius 2 is 1.82 bits per heavy atom. The molecule has 4 rings (SSSR count). The summed E-state index contributed by atoms with van der Waals surface area (Å²) in [6.07, 6.45) is 3.39. The predicted octanol–water partition coefficient (Wildman–Crippen LogP) is 3.73. The van der Waals surface area contributed by atoms with Crippen LogP contribution in [0, 0.1) is 0 Å². The molecule has 0 N–H and O–H groups in total. The monoisotopic (exact) mass is 399 g/mol. The molecule has 0 spiro atoms. The molecule has 1 heterocycles. The molecule has 5 heteroatoms. The van der Waals surface area contributed by atoms with Crippen molar-refractivity contribution in [2.75, 3.05) is 25.5 Å². The summed E-state index contributed by atoms with van der Waals surface area (Å²) in [5.74, 6) is 0.133. The van der Waals surface area contributed by atoms with Crippen molar-refractivity contribution in [3.05, 3.63) is 53.6 Å². The third kappa shape index (κ3) is 3.88. The first-order valence-electron chi connectivity index (χ1n) is 10.3. The zero-order chi connectivity index (χ0) is 19.7. The van der Waals surface area contributed by atoms with E-state index in [1.54, 1.807) is 19.1 Å². The fourth-order valence-electron chi connectivity index (χ4n) is 4.50. The van der Waals surface area contributed by atoms with Crippen LogP contribution in [0.15, 0.2) is 47.4 Å². The smallest absolute Gasteiger partial charge is 0.178 e. The van der Waals surface area contributed by atoms with E-state index >= 15 is 0 Å². The molecule has 2 aliphatic rings. The van der Waals surface area contributed by atoms with Crippen LogP contribution < -0.4 is 0 Å². The summed E-state index contributed by atoms with van der Waals surface area (Å²) in [5.41, 5.74) is 5.11. The van der Waals surface area contributed by atoms with Gasteiger partial charge in [0.1, 0.15) is 0 Å². The van der Waals surface area contributed by atoms with Crippen LogP contribution in [-0.2, 0) is 27.4 Å². The number of hydrogen-bond donors (Lipinski definition) is 0. The van der Waals surface area contributed by atoms with Gasteiger partial charge in [0.15, 0.2) is 9.84 Å². The molecule has 4 nitrogen and oxygen atoms in total. The van der Waals surface area contributed by atoms with Crippen molar-refractivity contribution in [3.8, 4) is 11.1 Å². The van der Waals surface area contributed by atoms with Crippen LogP contribution in [0.2, 0.25) is 0 Å². The molecule has 28 heavy (non-hydrogen) atoms. The molecule has 2 unspecified atom stereocenters. The largest absolute Gasteiger partial charge is 0.379 e. The normalized spacial score (nSPS) is 23.4. The van der Waals surface area contributed by atoms with Gasteiger partial charge < -0.3 is 4.74 Å². The minimum Gasteiger partial charge on any atom is -0.379 e. The van der Waals surface area contributed by atoms with Gasteiger partial charge >= 0.3 is 0 Å². The number of nitrogens with zero attached hydrogens (tertiary/aromatic N) is 1. The number of ether oxygens (including phenoxy) is 1. The van der Waals surface area contributed by atoms with E-state index in [4.69, 9.17) is 4.74 Å². The van der Waals surface area contributed by atoms with Crippen molar-refractivity contribution in [3.63, 3.8) is 0 Å². The molecule has 2 aromatic rings. The fraction of sp³-hybridized carbons (Fsp3) is 0.478. The third-order valence-electron chi connectivity index (χ3n) is 6.22. The van der Waals surface area contributed by atoms with Crippen LogP contribution in [0.4, 0.5) is 0 Å². The highest BCUT2D eigenvalue weighted by Crippen LogP contribution is 2.31. The van der Waals surface area contributed by atoms with Crippen LogP contribution >= 0.6 is 0 Å². The quantitative estimate of drug-likeness (QED) is 0.786. The molecule has 0 amide bonds. The van der Waals surface area contributed by atoms with Gasteiger partial charge in [-0.1, -0.05) is 37.3 Å². The first-order chi connectivity index (χ1) is 13.5. The molecular weight excluding hydrogens is 370 g/mol. The highest BCUT2D eigenvalue weighted by atomic mass is 32.2. The molecular formula is C23H29NO3S. The van der Waals surface area contributed by atoms with E-state index in [9.17, 15) is 8.42 Å². The molecule has 0 aromatic heterocycles. The molecule has 0 bridgehead atoms. The molecule has 150 valence electrons. The van der Waals surface area contributed by atoms with Gasteiger partial charge in [-0.15, -0.1) is 0 Å². The van der Waals surface area contributed by atoms with E-state index in [1.807, 2.05) is 12.1 Å². The molecule has 1 fully saturated rings. The van der Waals surface area contributed by atoms with Gasteiger partial charge in [0, 0.05) is 18.6 Å². The Morgan fingerprint density at radius 1 is 1.07 bits per heavy atom. The summed E-state index contributed by atoms with van der Waals surface area (Å²) >= 11 is 0. The summed E-state index contributed by atoms with van der Waals surface area (Å²) in [4.78, 5) is 3.02. The van der Waals surface area contributed by atoms with Gasteiger partial charge in [0.05, 0.1) is 23.9 Å². The Hall–Kier alpha value is -1.69. The van der Waals surface area contributed by atoms with E-state index in [0.29, 0.717) is 17.0 Å². The second kappa shape index (κ2) is 7.97. The van der Waals surface area contributed by atoms with Gasteiger partial charge in [0.25, 0.3) is 0 Å². The topological polar surface area (TPSA) is 46.6 Å². The highest BCUT2D eigenvalue weighted by molar-refractivity contribution is 7.91. The number of sulfone groups is 1. The van der Waals surface area contributed by atoms with E-state index in [-0.39, 0.29) is 5.75 Å². The molecule has 1 saturated heterocycles. The summed E-state index contributed by atoms with van der Waals surface area (Å²) in [7, 11) is -3.15. The van der Waals surface area contributed by atoms with Crippen molar-refractivity contribution in [1.82, 2.24) is 4.90 Å². The molecule has 2 atom stereocenters. The van der Waals surface area contributed by atoms with Gasteiger partial charge in [-0.2, -0.15) is 0 Å². The summed E-state index contributed by atoms with van der Waals surface area (Å²) in [5, 5.41) is 0. The Kier molecular flexibility index (Phi) is 5.59. The number of aryl methyl sites for hydroxylation is 1. The van der Waals surface area contributed by atoms with E-state index in [0.717, 1.165) is 43.7 Å². The van der Waals surface area contributed by atoms with Crippen molar-refractivity contribution >= 4 is 9.84 Å². The SMILES string of the molecule is CCS(=O)(=O)c1ccc(-c2ccc3c(c2)CCC(N2CCOCC2C)C3)cc1. The van der Waals surface area contributed by atoms with Crippen molar-refractivity contribution < 1.29 is 13.2 Å². The summed E-state index contributed by atoms with van der Waals surface area (Å²) in [6, 6.07) is 15.1. The van der Waals surface area contributed by atoms with Crippen LogP contribution in [0.1, 0.15) is 31.4 Å².